The van der Waals surface area contributed by atoms with Gasteiger partial charge in [-0.1, -0.05) is 0 Å². The summed E-state index contributed by atoms with van der Waals surface area (Å²) >= 11 is -0.543. The molecule has 0 aromatic carbocycles. The van der Waals surface area contributed by atoms with E-state index in [0.717, 1.165) is 0 Å². The van der Waals surface area contributed by atoms with Gasteiger partial charge < -0.3 is 0 Å². The first kappa shape index (κ1) is 9.78. The first-order valence-corrected chi connectivity index (χ1v) is 10.1. The zero-order chi connectivity index (χ0) is 3.58. The summed E-state index contributed by atoms with van der Waals surface area (Å²) in [5.74, 6) is 0. The summed E-state index contributed by atoms with van der Waals surface area (Å²) < 4.78 is 0. The van der Waals surface area contributed by atoms with Crippen molar-refractivity contribution in [2.45, 2.75) is 14.8 Å². The van der Waals surface area contributed by atoms with E-state index < -0.39 is 19.8 Å². The average molecular weight is 286 g/mol. The molecule has 0 aliphatic heterocycles. The van der Waals surface area contributed by atoms with Gasteiger partial charge in [0.2, 0.25) is 0 Å². The zero-order valence-electron chi connectivity index (χ0n) is 4.50. The predicted octanol–water partition coefficient (Wildman–Crippen LogP) is 0.187. The monoisotopic (exact) mass is 288 g/mol. The van der Waals surface area contributed by atoms with E-state index in [1.165, 1.54) is 0 Å². The van der Waals surface area contributed by atoms with Crippen molar-refractivity contribution in [3.05, 3.63) is 0 Å². The molecule has 0 heterocycles. The van der Waals surface area contributed by atoms with Crippen molar-refractivity contribution in [2.75, 3.05) is 0 Å². The molecule has 0 unspecified atom stereocenters. The molecule has 0 N–H and O–H groups in total. The molecule has 5 heavy (non-hydrogen) atoms. The summed E-state index contributed by atoms with van der Waals surface area (Å²) in [4.78, 5) is 7.09. The Labute approximate surface area is 58.0 Å². The Balaban J connectivity index is 0. The third-order valence-electron chi connectivity index (χ3n) is 0. The number of hydrogen-bond acceptors (Lipinski definition) is 0. The van der Waals surface area contributed by atoms with Gasteiger partial charge in [0.05, 0.1) is 0 Å². The number of hydrogen-bond donors (Lipinski definition) is 0. The summed E-state index contributed by atoms with van der Waals surface area (Å²) in [5.41, 5.74) is 0. The third-order valence-corrected chi connectivity index (χ3v) is 0. The molecule has 0 saturated heterocycles. The van der Waals surface area contributed by atoms with Gasteiger partial charge in [0.25, 0.3) is 0 Å². The Kier molecular flexibility index (Phi) is 10.9. The van der Waals surface area contributed by atoms with E-state index in [-0.39, 0.29) is 23.9 Å². The predicted molar refractivity (Wildman–Crippen MR) is 33.3 cm³/mol. The molecule has 0 bridgehead atoms. The SMILES string of the molecule is [CH3][Sn]([CH3])[CH3].[SnH3]. The van der Waals surface area contributed by atoms with Crippen LogP contribution in [-0.4, -0.2) is 43.7 Å². The summed E-state index contributed by atoms with van der Waals surface area (Å²) in [6, 6.07) is 0. The van der Waals surface area contributed by atoms with Crippen LogP contribution in [0.25, 0.3) is 0 Å². The van der Waals surface area contributed by atoms with Gasteiger partial charge in [0.1, 0.15) is 0 Å². The van der Waals surface area contributed by atoms with Crippen LogP contribution >= 0.6 is 0 Å². The topological polar surface area (TPSA) is 0 Å². The molecule has 0 nitrogen and oxygen atoms in total. The van der Waals surface area contributed by atoms with Gasteiger partial charge in [-0.15, -0.1) is 0 Å². The molecule has 0 aliphatic carbocycles. The quantitative estimate of drug-likeness (QED) is 0.557. The first-order valence-electron chi connectivity index (χ1n) is 1.50. The zero-order valence-corrected chi connectivity index (χ0v) is 13.1. The van der Waals surface area contributed by atoms with Crippen LogP contribution in [0.4, 0.5) is 0 Å². The number of rotatable bonds is 0. The molecule has 0 fully saturated rings. The van der Waals surface area contributed by atoms with E-state index in [9.17, 15) is 0 Å². The minimum atomic E-state index is -0.543. The molecule has 2 heteroatoms. The molecule has 0 spiro atoms. The summed E-state index contributed by atoms with van der Waals surface area (Å²) in [6.45, 7) is 0. The van der Waals surface area contributed by atoms with Crippen molar-refractivity contribution in [2.24, 2.45) is 0 Å². The van der Waals surface area contributed by atoms with Crippen LogP contribution in [0, 0.1) is 0 Å². The van der Waals surface area contributed by atoms with Gasteiger partial charge in [-0.3, -0.25) is 0 Å². The fourth-order valence-corrected chi connectivity index (χ4v) is 0. The van der Waals surface area contributed by atoms with E-state index in [1.54, 1.807) is 0 Å². The molecule has 0 amide bonds. The molecule has 2 radical (unpaired) electrons. The molecule has 0 rings (SSSR count). The Hall–Kier alpha value is 1.60. The summed E-state index contributed by atoms with van der Waals surface area (Å²) in [7, 11) is 0. The van der Waals surface area contributed by atoms with Crippen LogP contribution in [0.5, 0.6) is 0 Å². The van der Waals surface area contributed by atoms with E-state index >= 15 is 0 Å². The maximum absolute atomic E-state index is 2.36. The summed E-state index contributed by atoms with van der Waals surface area (Å²) in [5, 5.41) is 0. The van der Waals surface area contributed by atoms with Gasteiger partial charge in [-0.25, -0.2) is 0 Å². The molecular weight excluding hydrogens is 273 g/mol. The van der Waals surface area contributed by atoms with Crippen LogP contribution in [0.1, 0.15) is 0 Å². The first-order chi connectivity index (χ1) is 1.73. The molecule has 0 saturated carbocycles. The van der Waals surface area contributed by atoms with Gasteiger partial charge in [-0.2, -0.15) is 0 Å². The minimum absolute atomic E-state index is 0. The molecule has 0 aliphatic rings. The van der Waals surface area contributed by atoms with Crippen molar-refractivity contribution in [3.63, 3.8) is 0 Å². The molecular formula is C3H12Sn2. The molecule has 0 atom stereocenters. The van der Waals surface area contributed by atoms with E-state index in [0.29, 0.717) is 0 Å². The van der Waals surface area contributed by atoms with Crippen molar-refractivity contribution in [3.8, 4) is 0 Å². The van der Waals surface area contributed by atoms with Gasteiger partial charge in [0.15, 0.2) is 0 Å². The van der Waals surface area contributed by atoms with E-state index in [1.807, 2.05) is 0 Å². The van der Waals surface area contributed by atoms with Crippen molar-refractivity contribution >= 4 is 43.7 Å². The third kappa shape index (κ3) is 28.4. The standard InChI is InChI=1S/3CH3.2Sn.3H/h3*1H3;;;;;. The van der Waals surface area contributed by atoms with Crippen LogP contribution in [-0.2, 0) is 0 Å². The Bertz CT molecular complexity index is 9.61. The van der Waals surface area contributed by atoms with Crippen LogP contribution < -0.4 is 0 Å². The molecule has 0 aromatic rings. The maximum atomic E-state index is 2.36. The second-order valence-electron chi connectivity index (χ2n) is 1.50. The second-order valence-corrected chi connectivity index (χ2v) is 10.1. The fourth-order valence-electron chi connectivity index (χ4n) is 0. The Morgan fingerprint density at radius 1 is 1.00 bits per heavy atom. The summed E-state index contributed by atoms with van der Waals surface area (Å²) in [6.07, 6.45) is 0. The van der Waals surface area contributed by atoms with E-state index in [2.05, 4.69) is 14.8 Å². The molecule has 32 valence electrons. The van der Waals surface area contributed by atoms with Crippen LogP contribution in [0.3, 0.4) is 0 Å². The van der Waals surface area contributed by atoms with Crippen molar-refractivity contribution < 1.29 is 0 Å². The van der Waals surface area contributed by atoms with Crippen LogP contribution in [0.15, 0.2) is 0 Å². The van der Waals surface area contributed by atoms with Gasteiger partial charge in [0, 0.05) is 0 Å². The van der Waals surface area contributed by atoms with Crippen molar-refractivity contribution in [1.29, 1.82) is 0 Å². The Morgan fingerprint density at radius 2 is 1.00 bits per heavy atom. The van der Waals surface area contributed by atoms with Crippen molar-refractivity contribution in [1.82, 2.24) is 0 Å². The van der Waals surface area contributed by atoms with Gasteiger partial charge >= 0.3 is 58.5 Å². The average Bonchev–Trinajstić information content (AvgIpc) is 0.811. The second kappa shape index (κ2) is 5.60. The van der Waals surface area contributed by atoms with E-state index in [4.69, 9.17) is 0 Å². The van der Waals surface area contributed by atoms with Crippen LogP contribution in [0.2, 0.25) is 14.8 Å². The van der Waals surface area contributed by atoms with Gasteiger partial charge in [-0.05, 0) is 0 Å². The fraction of sp³-hybridized carbons (Fsp3) is 1.00. The molecule has 0 aromatic heterocycles. The Morgan fingerprint density at radius 3 is 1.00 bits per heavy atom. The normalized spacial score (nSPS) is 7.20.